The number of allylic oxidation sites excluding steroid dienone is 1. The summed E-state index contributed by atoms with van der Waals surface area (Å²) < 4.78 is 3.17. The van der Waals surface area contributed by atoms with Crippen LogP contribution in [0.25, 0.3) is 16.9 Å². The van der Waals surface area contributed by atoms with Gasteiger partial charge in [0.2, 0.25) is 17.8 Å². The molecule has 1 unspecified atom stereocenters. The van der Waals surface area contributed by atoms with Crippen molar-refractivity contribution in [2.45, 2.75) is 76.5 Å². The van der Waals surface area contributed by atoms with Crippen molar-refractivity contribution in [1.82, 2.24) is 34.5 Å². The van der Waals surface area contributed by atoms with Crippen LogP contribution >= 0.6 is 0 Å². The van der Waals surface area contributed by atoms with Crippen LogP contribution in [0.1, 0.15) is 69.5 Å². The maximum Gasteiger partial charge on any atom is 0.278 e. The zero-order chi connectivity index (χ0) is 40.4. The summed E-state index contributed by atoms with van der Waals surface area (Å²) in [6, 6.07) is 21.7. The van der Waals surface area contributed by atoms with Gasteiger partial charge in [-0.15, -0.1) is 6.58 Å². The van der Waals surface area contributed by atoms with Crippen LogP contribution in [-0.2, 0) is 21.7 Å². The summed E-state index contributed by atoms with van der Waals surface area (Å²) >= 11 is 0. The lowest BCUT2D eigenvalue weighted by atomic mass is 9.88. The molecule has 4 N–H and O–H groups in total. The molecule has 0 radical (unpaired) electrons. The highest BCUT2D eigenvalue weighted by molar-refractivity contribution is 6.01. The molecule has 0 bridgehead atoms. The normalized spacial score (nSPS) is 18.7. The van der Waals surface area contributed by atoms with Gasteiger partial charge >= 0.3 is 0 Å². The predicted molar refractivity (Wildman–Crippen MR) is 226 cm³/mol. The Morgan fingerprint density at radius 2 is 1.67 bits per heavy atom. The van der Waals surface area contributed by atoms with Crippen LogP contribution in [-0.4, -0.2) is 84.9 Å². The quantitative estimate of drug-likeness (QED) is 0.0941. The number of hydrogen-bond acceptors (Lipinski definition) is 11. The van der Waals surface area contributed by atoms with Crippen molar-refractivity contribution in [3.05, 3.63) is 107 Å². The third kappa shape index (κ3) is 8.53. The largest absolute Gasteiger partial charge is 0.384 e. The van der Waals surface area contributed by atoms with Crippen LogP contribution in [0.4, 0.5) is 23.0 Å². The van der Waals surface area contributed by atoms with Gasteiger partial charge < -0.3 is 25.5 Å². The number of nitrogens with one attached hydrogen (secondary N) is 3. The SMILES string of the molecule is C=CCn1c(=O)c2cnc(Nc3ccc(N4CCC(CN5CCC(c6cccc(NC7CCC(=O)NC7=O)c6)CC5)CC4)cc3)nc2n1-c1cccc(C(C)(C)O)n1. The van der Waals surface area contributed by atoms with E-state index < -0.39 is 5.60 Å². The van der Waals surface area contributed by atoms with Crippen LogP contribution in [0.5, 0.6) is 0 Å². The smallest absolute Gasteiger partial charge is 0.278 e. The number of carbonyl (C=O) groups is 2. The lowest BCUT2D eigenvalue weighted by Crippen LogP contribution is -2.47. The van der Waals surface area contributed by atoms with Gasteiger partial charge in [-0.2, -0.15) is 4.98 Å². The number of likely N-dealkylation sites (tertiary alicyclic amines) is 1. The van der Waals surface area contributed by atoms with Crippen molar-refractivity contribution in [1.29, 1.82) is 0 Å². The Hall–Kier alpha value is -5.86. The molecular formula is C44H52N10O4. The average molecular weight is 785 g/mol. The highest BCUT2D eigenvalue weighted by atomic mass is 16.3. The van der Waals surface area contributed by atoms with E-state index in [2.05, 4.69) is 72.6 Å². The monoisotopic (exact) mass is 784 g/mol. The molecule has 3 aliphatic rings. The second-order valence-electron chi connectivity index (χ2n) is 16.3. The lowest BCUT2D eigenvalue weighted by Gasteiger charge is -2.38. The zero-order valence-electron chi connectivity index (χ0n) is 33.2. The number of amides is 2. The van der Waals surface area contributed by atoms with Crippen LogP contribution < -0.4 is 26.4 Å². The Balaban J connectivity index is 0.843. The lowest BCUT2D eigenvalue weighted by molar-refractivity contribution is -0.133. The van der Waals surface area contributed by atoms with Crippen molar-refractivity contribution in [2.75, 3.05) is 48.3 Å². The number of nitrogens with zero attached hydrogens (tertiary/aromatic N) is 7. The van der Waals surface area contributed by atoms with E-state index in [9.17, 15) is 19.5 Å². The number of benzene rings is 2. The molecule has 0 spiro atoms. The molecule has 3 fully saturated rings. The molecule has 0 saturated carbocycles. The minimum absolute atomic E-state index is 0.199. The molecule has 58 heavy (non-hydrogen) atoms. The van der Waals surface area contributed by atoms with Gasteiger partial charge in [-0.05, 0) is 125 Å². The van der Waals surface area contributed by atoms with Crippen LogP contribution in [0, 0.1) is 5.92 Å². The van der Waals surface area contributed by atoms with Gasteiger partial charge in [0.1, 0.15) is 17.0 Å². The van der Waals surface area contributed by atoms with Crippen molar-refractivity contribution in [2.24, 2.45) is 5.92 Å². The molecule has 2 aromatic carbocycles. The summed E-state index contributed by atoms with van der Waals surface area (Å²) in [6.07, 6.45) is 8.62. The number of carbonyl (C=O) groups excluding carboxylic acids is 2. The minimum atomic E-state index is -1.16. The maximum absolute atomic E-state index is 13.4. The van der Waals surface area contributed by atoms with E-state index in [0.29, 0.717) is 53.2 Å². The standard InChI is InChI=1S/C44H52N10O4/c1-4-21-53-42(57)35-27-45-43(50-40(35)54(53)38-10-6-9-37(48-38)44(2,3)58)47-32-11-13-34(14-12-32)52-24-17-29(18-25-52)28-51-22-19-30(20-23-51)31-7-5-8-33(26-31)46-36-15-16-39(55)49-41(36)56/h4-14,26-27,29-30,36,46,58H,1,15-25,28H2,2-3H3,(H,45,47,50)(H,49,55,56). The molecule has 0 aliphatic carbocycles. The number of piperidine rings is 3. The van der Waals surface area contributed by atoms with Crippen LogP contribution in [0.2, 0.25) is 0 Å². The predicted octanol–water partition coefficient (Wildman–Crippen LogP) is 5.45. The Morgan fingerprint density at radius 3 is 2.40 bits per heavy atom. The highest BCUT2D eigenvalue weighted by Gasteiger charge is 2.28. The van der Waals surface area contributed by atoms with E-state index in [1.54, 1.807) is 42.8 Å². The molecular weight excluding hydrogens is 733 g/mol. The third-order valence-electron chi connectivity index (χ3n) is 11.7. The summed E-state index contributed by atoms with van der Waals surface area (Å²) in [5, 5.41) is 20.0. The zero-order valence-corrected chi connectivity index (χ0v) is 33.2. The summed E-state index contributed by atoms with van der Waals surface area (Å²) in [7, 11) is 0. The Labute approximate surface area is 338 Å². The van der Waals surface area contributed by atoms with E-state index in [-0.39, 0.29) is 30.0 Å². The second kappa shape index (κ2) is 16.5. The maximum atomic E-state index is 13.4. The fraction of sp³-hybridized carbons (Fsp3) is 0.409. The first kappa shape index (κ1) is 39.0. The number of rotatable bonds is 12. The van der Waals surface area contributed by atoms with E-state index in [1.165, 1.54) is 22.1 Å². The molecule has 5 aromatic rings. The number of anilines is 4. The van der Waals surface area contributed by atoms with Crippen molar-refractivity contribution in [3.63, 3.8) is 0 Å². The van der Waals surface area contributed by atoms with E-state index in [0.717, 1.165) is 69.8 Å². The molecule has 3 aliphatic heterocycles. The van der Waals surface area contributed by atoms with Gasteiger partial charge in [0.25, 0.3) is 5.56 Å². The van der Waals surface area contributed by atoms with Gasteiger partial charge in [0.15, 0.2) is 11.5 Å². The first-order valence-corrected chi connectivity index (χ1v) is 20.4. The molecule has 3 saturated heterocycles. The van der Waals surface area contributed by atoms with Gasteiger partial charge in [0.05, 0.1) is 12.2 Å². The van der Waals surface area contributed by atoms with Crippen molar-refractivity contribution >= 4 is 45.9 Å². The molecule has 3 aromatic heterocycles. The molecule has 2 amide bonds. The average Bonchev–Trinajstić information content (AvgIpc) is 3.49. The summed E-state index contributed by atoms with van der Waals surface area (Å²) in [4.78, 5) is 56.2. The molecule has 14 heteroatoms. The number of imide groups is 1. The van der Waals surface area contributed by atoms with Crippen LogP contribution in [0.15, 0.2) is 90.4 Å². The molecule has 14 nitrogen and oxygen atoms in total. The summed E-state index contributed by atoms with van der Waals surface area (Å²) in [5.74, 6) is 1.54. The molecule has 1 atom stereocenters. The molecule has 8 rings (SSSR count). The number of aromatic nitrogens is 5. The van der Waals surface area contributed by atoms with Crippen LogP contribution in [0.3, 0.4) is 0 Å². The first-order valence-electron chi connectivity index (χ1n) is 20.4. The second-order valence-corrected chi connectivity index (χ2v) is 16.3. The Morgan fingerprint density at radius 1 is 0.914 bits per heavy atom. The number of fused-ring (bicyclic) bond motifs is 1. The van der Waals surface area contributed by atoms with E-state index in [1.807, 2.05) is 18.2 Å². The van der Waals surface area contributed by atoms with Crippen molar-refractivity contribution in [3.8, 4) is 5.82 Å². The van der Waals surface area contributed by atoms with Crippen molar-refractivity contribution < 1.29 is 14.7 Å². The first-order chi connectivity index (χ1) is 28.0. The topological polar surface area (TPSA) is 163 Å². The minimum Gasteiger partial charge on any atom is -0.384 e. The summed E-state index contributed by atoms with van der Waals surface area (Å²) in [6.45, 7) is 12.8. The number of hydrogen-bond donors (Lipinski definition) is 4. The Kier molecular flexibility index (Phi) is 11.1. The third-order valence-corrected chi connectivity index (χ3v) is 11.7. The van der Waals surface area contributed by atoms with Gasteiger partial charge in [-0.25, -0.2) is 19.3 Å². The molecule has 6 heterocycles. The highest BCUT2D eigenvalue weighted by Crippen LogP contribution is 2.32. The summed E-state index contributed by atoms with van der Waals surface area (Å²) in [5.41, 5.74) is 3.73. The Bertz CT molecular complexity index is 2350. The van der Waals surface area contributed by atoms with E-state index in [4.69, 9.17) is 4.98 Å². The number of pyridine rings is 1. The number of aliphatic hydroxyl groups is 1. The fourth-order valence-electron chi connectivity index (χ4n) is 8.48. The van der Waals surface area contributed by atoms with Gasteiger partial charge in [-0.3, -0.25) is 19.7 Å². The van der Waals surface area contributed by atoms with E-state index >= 15 is 0 Å². The molecule has 302 valence electrons. The van der Waals surface area contributed by atoms with Gasteiger partial charge in [-0.1, -0.05) is 24.3 Å². The van der Waals surface area contributed by atoms with Gasteiger partial charge in [0, 0.05) is 49.3 Å². The fourth-order valence-corrected chi connectivity index (χ4v) is 8.48.